The Kier molecular flexibility index (Phi) is 6.86. The predicted octanol–water partition coefficient (Wildman–Crippen LogP) is 13.3. The van der Waals surface area contributed by atoms with E-state index in [9.17, 15) is 0 Å². The molecule has 3 heterocycles. The monoisotopic (exact) mass is 704 g/mol. The van der Waals surface area contributed by atoms with E-state index >= 15 is 0 Å². The normalized spacial score (nSPS) is 13.4. The summed E-state index contributed by atoms with van der Waals surface area (Å²) in [6.07, 6.45) is 0. The van der Waals surface area contributed by atoms with E-state index < -0.39 is 0 Å². The van der Waals surface area contributed by atoms with Crippen molar-refractivity contribution in [2.24, 2.45) is 0 Å². The van der Waals surface area contributed by atoms with Gasteiger partial charge >= 0.3 is 0 Å². The van der Waals surface area contributed by atoms with Crippen LogP contribution in [-0.4, -0.2) is 14.5 Å². The Hall–Kier alpha value is -7.04. The summed E-state index contributed by atoms with van der Waals surface area (Å²) < 4.78 is 2.25. The van der Waals surface area contributed by atoms with E-state index in [4.69, 9.17) is 9.97 Å². The van der Waals surface area contributed by atoms with Gasteiger partial charge in [-0.2, -0.15) is 0 Å². The van der Waals surface area contributed by atoms with Crippen molar-refractivity contribution in [2.75, 3.05) is 4.90 Å². The Morgan fingerprint density at radius 1 is 0.455 bits per heavy atom. The van der Waals surface area contributed by atoms with E-state index in [0.29, 0.717) is 5.95 Å². The molecule has 0 N–H and O–H groups in total. The number of fused-ring (bicyclic) bond motifs is 8. The van der Waals surface area contributed by atoms with Gasteiger partial charge in [0.15, 0.2) is 0 Å². The molecule has 55 heavy (non-hydrogen) atoms. The summed E-state index contributed by atoms with van der Waals surface area (Å²) in [6, 6.07) is 65.4. The van der Waals surface area contributed by atoms with Gasteiger partial charge in [0.1, 0.15) is 0 Å². The Labute approximate surface area is 319 Å². The first kappa shape index (κ1) is 31.5. The van der Waals surface area contributed by atoms with Crippen LogP contribution in [0.4, 0.5) is 17.1 Å². The molecule has 0 saturated heterocycles. The summed E-state index contributed by atoms with van der Waals surface area (Å²) in [5, 5.41) is 5.83. The smallest absolute Gasteiger partial charge is 0.235 e. The minimum absolute atomic E-state index is 0.162. The average molecular weight is 705 g/mol. The molecule has 0 aliphatic carbocycles. The fourth-order valence-electron chi connectivity index (χ4n) is 8.92. The van der Waals surface area contributed by atoms with Crippen molar-refractivity contribution in [2.45, 2.75) is 19.3 Å². The van der Waals surface area contributed by atoms with Crippen LogP contribution in [0.1, 0.15) is 25.0 Å². The van der Waals surface area contributed by atoms with Crippen molar-refractivity contribution in [1.82, 2.24) is 14.5 Å². The van der Waals surface area contributed by atoms with E-state index in [1.54, 1.807) is 0 Å². The van der Waals surface area contributed by atoms with Crippen molar-refractivity contribution in [1.29, 1.82) is 0 Å². The van der Waals surface area contributed by atoms with Crippen molar-refractivity contribution >= 4 is 60.5 Å². The summed E-state index contributed by atoms with van der Waals surface area (Å²) in [7, 11) is 0. The molecule has 2 aromatic heterocycles. The van der Waals surface area contributed by atoms with E-state index in [1.807, 2.05) is 6.07 Å². The van der Waals surface area contributed by atoms with Crippen molar-refractivity contribution in [3.63, 3.8) is 0 Å². The number of aromatic nitrogens is 3. The molecule has 8 aromatic carbocycles. The first-order valence-electron chi connectivity index (χ1n) is 18.9. The summed E-state index contributed by atoms with van der Waals surface area (Å²) in [6.45, 7) is 4.69. The fraction of sp³-hybridized carbons (Fsp3) is 0.0588. The molecule has 11 rings (SSSR count). The maximum Gasteiger partial charge on any atom is 0.235 e. The lowest BCUT2D eigenvalue weighted by Gasteiger charge is -2.42. The lowest BCUT2D eigenvalue weighted by atomic mass is 9.73. The minimum Gasteiger partial charge on any atom is -0.310 e. The van der Waals surface area contributed by atoms with Gasteiger partial charge in [-0.05, 0) is 81.6 Å². The summed E-state index contributed by atoms with van der Waals surface area (Å²) in [5.41, 5.74) is 13.5. The predicted molar refractivity (Wildman–Crippen MR) is 229 cm³/mol. The molecule has 0 fully saturated rings. The Morgan fingerprint density at radius 3 is 1.96 bits per heavy atom. The third-order valence-electron chi connectivity index (χ3n) is 11.6. The van der Waals surface area contributed by atoms with Gasteiger partial charge in [-0.15, -0.1) is 0 Å². The van der Waals surface area contributed by atoms with Crippen LogP contribution in [0.15, 0.2) is 182 Å². The van der Waals surface area contributed by atoms with Crippen LogP contribution in [0.5, 0.6) is 0 Å². The van der Waals surface area contributed by atoms with Gasteiger partial charge in [-0.3, -0.25) is 4.57 Å². The van der Waals surface area contributed by atoms with E-state index in [0.717, 1.165) is 44.4 Å². The fourth-order valence-corrected chi connectivity index (χ4v) is 8.92. The summed E-state index contributed by atoms with van der Waals surface area (Å²) >= 11 is 0. The molecule has 4 nitrogen and oxygen atoms in total. The molecule has 0 spiro atoms. The van der Waals surface area contributed by atoms with Crippen molar-refractivity contribution < 1.29 is 0 Å². The van der Waals surface area contributed by atoms with Gasteiger partial charge in [0.25, 0.3) is 0 Å². The second kappa shape index (κ2) is 12.0. The van der Waals surface area contributed by atoms with Crippen LogP contribution in [0.25, 0.3) is 71.8 Å². The lowest BCUT2D eigenvalue weighted by Crippen LogP contribution is -2.30. The second-order valence-electron chi connectivity index (χ2n) is 15.0. The molecule has 0 amide bonds. The molecule has 4 heteroatoms. The summed E-state index contributed by atoms with van der Waals surface area (Å²) in [5.74, 6) is 0.661. The van der Waals surface area contributed by atoms with Crippen LogP contribution < -0.4 is 4.90 Å². The van der Waals surface area contributed by atoms with E-state index in [1.165, 1.54) is 49.6 Å². The molecule has 260 valence electrons. The van der Waals surface area contributed by atoms with Gasteiger partial charge in [-0.25, -0.2) is 9.97 Å². The van der Waals surface area contributed by atoms with Gasteiger partial charge < -0.3 is 4.90 Å². The maximum absolute atomic E-state index is 5.34. The largest absolute Gasteiger partial charge is 0.310 e. The Balaban J connectivity index is 1.16. The zero-order valence-electron chi connectivity index (χ0n) is 30.6. The summed E-state index contributed by atoms with van der Waals surface area (Å²) in [4.78, 5) is 13.0. The highest BCUT2D eigenvalue weighted by molar-refractivity contribution is 6.22. The number of nitrogens with zero attached hydrogens (tertiary/aromatic N) is 4. The van der Waals surface area contributed by atoms with Crippen LogP contribution in [0.3, 0.4) is 0 Å². The van der Waals surface area contributed by atoms with Gasteiger partial charge in [0.2, 0.25) is 5.95 Å². The zero-order valence-corrected chi connectivity index (χ0v) is 30.6. The maximum atomic E-state index is 5.34. The number of benzene rings is 8. The number of para-hydroxylation sites is 3. The topological polar surface area (TPSA) is 34.0 Å². The Bertz CT molecular complexity index is 3120. The first-order chi connectivity index (χ1) is 27.0. The standard InChI is InChI=1S/C51H36N4/c1-51(2)41-22-12-14-24-45(41)54(37-18-7-4-8-19-37)47-32-36(25-28-42(47)51)35-27-29-44-40(31-35)48-38-20-10-9-15-33(38)26-30-46(48)55(44)50-52-43-23-13-11-21-39(43)49(53-50)34-16-5-3-6-17-34/h3-32H,1-2H3. The minimum atomic E-state index is -0.162. The third kappa shape index (κ3) is 4.78. The van der Waals surface area contributed by atoms with Gasteiger partial charge in [0.05, 0.1) is 33.6 Å². The van der Waals surface area contributed by atoms with Crippen molar-refractivity contribution in [3.05, 3.63) is 193 Å². The molecule has 1 aliphatic rings. The Morgan fingerprint density at radius 2 is 1.11 bits per heavy atom. The average Bonchev–Trinajstić information content (AvgIpc) is 3.58. The highest BCUT2D eigenvalue weighted by Crippen LogP contribution is 2.52. The van der Waals surface area contributed by atoms with E-state index in [2.05, 4.69) is 199 Å². The first-order valence-corrected chi connectivity index (χ1v) is 18.9. The number of rotatable bonds is 4. The zero-order chi connectivity index (χ0) is 36.7. The third-order valence-corrected chi connectivity index (χ3v) is 11.6. The molecular weight excluding hydrogens is 669 g/mol. The highest BCUT2D eigenvalue weighted by Gasteiger charge is 2.37. The second-order valence-corrected chi connectivity index (χ2v) is 15.0. The molecule has 0 bridgehead atoms. The number of anilines is 3. The molecule has 0 unspecified atom stereocenters. The molecule has 0 saturated carbocycles. The van der Waals surface area contributed by atoms with Gasteiger partial charge in [-0.1, -0.05) is 147 Å². The molecular formula is C51H36N4. The highest BCUT2D eigenvalue weighted by atomic mass is 15.2. The molecule has 10 aromatic rings. The van der Waals surface area contributed by atoms with Crippen molar-refractivity contribution in [3.8, 4) is 28.3 Å². The van der Waals surface area contributed by atoms with Crippen LogP contribution >= 0.6 is 0 Å². The SMILES string of the molecule is CC1(C)c2ccccc2N(c2ccccc2)c2cc(-c3ccc4c(c3)c3c5ccccc5ccc3n4-c3nc(-c4ccccc4)c4ccccc4n3)ccc21. The van der Waals surface area contributed by atoms with Crippen LogP contribution in [-0.2, 0) is 5.41 Å². The number of hydrogen-bond acceptors (Lipinski definition) is 3. The molecule has 0 atom stereocenters. The van der Waals surface area contributed by atoms with E-state index in [-0.39, 0.29) is 5.41 Å². The molecule has 0 radical (unpaired) electrons. The number of hydrogen-bond donors (Lipinski definition) is 0. The quantitative estimate of drug-likeness (QED) is 0.183. The lowest BCUT2D eigenvalue weighted by molar-refractivity contribution is 0.632. The molecule has 1 aliphatic heterocycles. The van der Waals surface area contributed by atoms with Gasteiger partial charge in [0, 0.05) is 32.8 Å². The van der Waals surface area contributed by atoms with Crippen LogP contribution in [0, 0.1) is 0 Å². The van der Waals surface area contributed by atoms with Crippen LogP contribution in [0.2, 0.25) is 0 Å².